The number of carbonyl (C=O) groups is 4. The molecule has 0 saturated carbocycles. The zero-order valence-electron chi connectivity index (χ0n) is 33.1. The number of methoxy groups -OCH3 is 1. The number of rotatable bonds is 16. The first-order valence-corrected chi connectivity index (χ1v) is 18.5. The van der Waals surface area contributed by atoms with Crippen molar-refractivity contribution in [2.24, 2.45) is 11.5 Å². The molecule has 18 heteroatoms. The Bertz CT molecular complexity index is 2200. The molecule has 304 valence electrons. The van der Waals surface area contributed by atoms with Gasteiger partial charge in [0.1, 0.15) is 40.6 Å². The number of hydrazine groups is 1. The minimum atomic E-state index is -0.659. The fourth-order valence-electron chi connectivity index (χ4n) is 6.22. The van der Waals surface area contributed by atoms with E-state index in [1.165, 1.54) is 25.3 Å². The van der Waals surface area contributed by atoms with Gasteiger partial charge in [-0.1, -0.05) is 24.3 Å². The Kier molecular flexibility index (Phi) is 13.1. The number of nitrogens with two attached hydrogens (primary N) is 3. The lowest BCUT2D eigenvalue weighted by Crippen LogP contribution is -2.44. The fraction of sp³-hybridized carbons (Fsp3) is 0.385. The van der Waals surface area contributed by atoms with Gasteiger partial charge in [0.25, 0.3) is 5.91 Å². The van der Waals surface area contributed by atoms with Gasteiger partial charge in [-0.25, -0.2) is 19.8 Å². The van der Waals surface area contributed by atoms with Gasteiger partial charge in [0.15, 0.2) is 0 Å². The summed E-state index contributed by atoms with van der Waals surface area (Å²) in [7, 11) is 1.47. The number of hydrogen-bond donors (Lipinski definition) is 5. The summed E-state index contributed by atoms with van der Waals surface area (Å²) >= 11 is 0. The molecular formula is C39H51N11O7. The maximum absolute atomic E-state index is 13.4. The van der Waals surface area contributed by atoms with Crippen molar-refractivity contribution < 1.29 is 33.4 Å². The molecule has 1 aliphatic heterocycles. The molecule has 1 fully saturated rings. The molecule has 2 aromatic carbocycles. The predicted molar refractivity (Wildman–Crippen MR) is 216 cm³/mol. The van der Waals surface area contributed by atoms with E-state index >= 15 is 0 Å². The number of aromatic nitrogens is 4. The Labute approximate surface area is 330 Å². The maximum Gasteiger partial charge on any atom is 0.424 e. The molecule has 0 unspecified atom stereocenters. The molecule has 0 atom stereocenters. The van der Waals surface area contributed by atoms with Gasteiger partial charge in [-0.3, -0.25) is 24.4 Å². The van der Waals surface area contributed by atoms with E-state index in [2.05, 4.69) is 20.7 Å². The predicted octanol–water partition coefficient (Wildman–Crippen LogP) is 4.06. The first-order chi connectivity index (χ1) is 27.1. The van der Waals surface area contributed by atoms with E-state index < -0.39 is 23.3 Å². The highest BCUT2D eigenvalue weighted by molar-refractivity contribution is 6.04. The van der Waals surface area contributed by atoms with Gasteiger partial charge in [0.2, 0.25) is 17.8 Å². The SMILES string of the molecule is CCn1nc(C)cc1C(=O)Nc1nc2cc(C(N)=O)cc(OC)c2n1C/C=C/CNc1c(N)cc(C(N)=O)cc1OC/C=C/CN1CCCN1C(=O)OC(C)(C)C. The lowest BCUT2D eigenvalue weighted by atomic mass is 10.1. The number of amides is 4. The average molecular weight is 786 g/mol. The standard InChI is InChI=1S/C39H51N11O7/c1-7-49-29(19-24(2)46-49)36(53)45-37-44-28-21-26(35(42)52)23-31(55-6)33(28)48(37)16-9-8-13-43-32-27(40)20-25(34(41)51)22-30(32)56-18-11-10-14-47-15-12-17-50(47)38(54)57-39(3,4)5/h8-11,19-23,43H,7,12-18,40H2,1-6H3,(H2,41,51)(H2,42,52)(H,44,45,53)/b9-8+,11-10+. The quantitative estimate of drug-likeness (QED) is 0.0798. The Morgan fingerprint density at radius 1 is 0.930 bits per heavy atom. The van der Waals surface area contributed by atoms with Gasteiger partial charge in [-0.2, -0.15) is 5.10 Å². The molecule has 8 N–H and O–H groups in total. The van der Waals surface area contributed by atoms with E-state index in [4.69, 9.17) is 31.4 Å². The van der Waals surface area contributed by atoms with E-state index in [9.17, 15) is 19.2 Å². The third-order valence-electron chi connectivity index (χ3n) is 8.79. The summed E-state index contributed by atoms with van der Waals surface area (Å²) in [6.07, 6.45) is 7.84. The lowest BCUT2D eigenvalue weighted by Gasteiger charge is -2.29. The van der Waals surface area contributed by atoms with Crippen LogP contribution < -0.4 is 37.3 Å². The van der Waals surface area contributed by atoms with Gasteiger partial charge >= 0.3 is 6.09 Å². The van der Waals surface area contributed by atoms with Crippen molar-refractivity contribution >= 4 is 52.2 Å². The van der Waals surface area contributed by atoms with Crippen LogP contribution in [0, 0.1) is 6.92 Å². The van der Waals surface area contributed by atoms with Crippen molar-refractivity contribution in [1.82, 2.24) is 29.3 Å². The van der Waals surface area contributed by atoms with Crippen LogP contribution in [-0.4, -0.2) is 98.7 Å². The summed E-state index contributed by atoms with van der Waals surface area (Å²) in [6, 6.07) is 7.75. The lowest BCUT2D eigenvalue weighted by molar-refractivity contribution is -0.0217. The minimum Gasteiger partial charge on any atom is -0.494 e. The second-order valence-corrected chi connectivity index (χ2v) is 14.2. The summed E-state index contributed by atoms with van der Waals surface area (Å²) in [5.74, 6) is -0.848. The number of aryl methyl sites for hydroxylation is 2. The third-order valence-corrected chi connectivity index (χ3v) is 8.79. The Morgan fingerprint density at radius 2 is 1.63 bits per heavy atom. The molecule has 0 aliphatic carbocycles. The average Bonchev–Trinajstić information content (AvgIpc) is 3.87. The molecule has 18 nitrogen and oxygen atoms in total. The zero-order valence-corrected chi connectivity index (χ0v) is 33.1. The molecular weight excluding hydrogens is 734 g/mol. The number of nitrogens with one attached hydrogen (secondary N) is 2. The van der Waals surface area contributed by atoms with Crippen LogP contribution in [-0.2, 0) is 17.8 Å². The number of fused-ring (bicyclic) bond motifs is 1. The highest BCUT2D eigenvalue weighted by Gasteiger charge is 2.30. The molecule has 0 radical (unpaired) electrons. The van der Waals surface area contributed by atoms with E-state index in [0.29, 0.717) is 65.8 Å². The molecule has 2 aromatic heterocycles. The van der Waals surface area contributed by atoms with Crippen molar-refractivity contribution in [2.75, 3.05) is 56.3 Å². The minimum absolute atomic E-state index is 0.145. The van der Waals surface area contributed by atoms with Gasteiger partial charge in [0.05, 0.1) is 24.0 Å². The maximum atomic E-state index is 13.4. The number of allylic oxidation sites excluding steroid dienone is 1. The molecule has 4 amide bonds. The molecule has 0 spiro atoms. The summed E-state index contributed by atoms with van der Waals surface area (Å²) < 4.78 is 20.5. The van der Waals surface area contributed by atoms with Crippen LogP contribution in [0.5, 0.6) is 11.5 Å². The van der Waals surface area contributed by atoms with Gasteiger partial charge in [-0.15, -0.1) is 0 Å². The fourth-order valence-corrected chi connectivity index (χ4v) is 6.22. The highest BCUT2D eigenvalue weighted by Crippen LogP contribution is 2.33. The van der Waals surface area contributed by atoms with Gasteiger partial charge in [-0.05, 0) is 71.4 Å². The molecule has 5 rings (SSSR count). The monoisotopic (exact) mass is 785 g/mol. The number of benzene rings is 2. The molecule has 0 bridgehead atoms. The zero-order chi connectivity index (χ0) is 41.4. The van der Waals surface area contributed by atoms with Crippen LogP contribution in [0.2, 0.25) is 0 Å². The summed E-state index contributed by atoms with van der Waals surface area (Å²) in [5.41, 5.74) is 20.0. The summed E-state index contributed by atoms with van der Waals surface area (Å²) in [6.45, 7) is 12.1. The number of carbonyl (C=O) groups excluding carboxylic acids is 4. The first kappa shape index (κ1) is 41.6. The molecule has 4 aromatic rings. The summed E-state index contributed by atoms with van der Waals surface area (Å²) in [4.78, 5) is 54.9. The van der Waals surface area contributed by atoms with Gasteiger partial charge in [0, 0.05) is 50.4 Å². The molecule has 3 heterocycles. The highest BCUT2D eigenvalue weighted by atomic mass is 16.6. The second-order valence-electron chi connectivity index (χ2n) is 14.2. The number of nitrogen functional groups attached to an aromatic ring is 1. The normalized spacial score (nSPS) is 13.5. The van der Waals surface area contributed by atoms with E-state index in [-0.39, 0.29) is 48.6 Å². The van der Waals surface area contributed by atoms with Crippen LogP contribution in [0.15, 0.2) is 54.6 Å². The van der Waals surface area contributed by atoms with Crippen LogP contribution in [0.1, 0.15) is 71.0 Å². The van der Waals surface area contributed by atoms with E-state index in [0.717, 1.165) is 6.42 Å². The number of anilines is 3. The number of hydrogen-bond acceptors (Lipinski definition) is 12. The van der Waals surface area contributed by atoms with E-state index in [1.54, 1.807) is 33.3 Å². The molecule has 1 saturated heterocycles. The number of primary amides is 2. The van der Waals surface area contributed by atoms with Crippen LogP contribution in [0.3, 0.4) is 0 Å². The number of imidazole rings is 1. The van der Waals surface area contributed by atoms with E-state index in [1.807, 2.05) is 57.0 Å². The van der Waals surface area contributed by atoms with Crippen LogP contribution in [0.4, 0.5) is 22.1 Å². The topological polar surface area (TPSA) is 240 Å². The molecule has 57 heavy (non-hydrogen) atoms. The summed E-state index contributed by atoms with van der Waals surface area (Å²) in [5, 5.41) is 14.0. The molecule has 1 aliphatic rings. The first-order valence-electron chi connectivity index (χ1n) is 18.5. The van der Waals surface area contributed by atoms with Crippen molar-refractivity contribution in [3.8, 4) is 11.5 Å². The third kappa shape index (κ3) is 10.2. The Morgan fingerprint density at radius 3 is 2.32 bits per heavy atom. The van der Waals surface area contributed by atoms with Gasteiger partial charge < -0.3 is 41.3 Å². The number of ether oxygens (including phenoxy) is 3. The number of nitrogens with zero attached hydrogens (tertiary/aromatic N) is 6. The smallest absolute Gasteiger partial charge is 0.424 e. The largest absolute Gasteiger partial charge is 0.494 e. The second kappa shape index (κ2) is 17.9. The van der Waals surface area contributed by atoms with Crippen LogP contribution >= 0.6 is 0 Å². The Balaban J connectivity index is 1.30. The van der Waals surface area contributed by atoms with Crippen molar-refractivity contribution in [2.45, 2.75) is 59.7 Å². The van der Waals surface area contributed by atoms with Crippen LogP contribution in [0.25, 0.3) is 11.0 Å². The van der Waals surface area contributed by atoms with Crippen molar-refractivity contribution in [3.05, 3.63) is 77.2 Å². The van der Waals surface area contributed by atoms with Crippen molar-refractivity contribution in [1.29, 1.82) is 0 Å². The Hall–Kier alpha value is -6.56. The van der Waals surface area contributed by atoms with Crippen molar-refractivity contribution in [3.63, 3.8) is 0 Å².